The van der Waals surface area contributed by atoms with E-state index in [1.807, 2.05) is 0 Å². The Morgan fingerprint density at radius 1 is 0.667 bits per heavy atom. The molecule has 0 amide bonds. The van der Waals surface area contributed by atoms with Crippen LogP contribution in [-0.2, 0) is 13.1 Å². The molecule has 4 rings (SSSR count). The zero-order valence-corrected chi connectivity index (χ0v) is 16.6. The topological polar surface area (TPSA) is 6.48 Å². The first-order chi connectivity index (χ1) is 13.4. The first-order valence-electron chi connectivity index (χ1n) is 10.9. The highest BCUT2D eigenvalue weighted by atomic mass is 15.2. The lowest BCUT2D eigenvalue weighted by atomic mass is 9.88. The maximum absolute atomic E-state index is 2.79. The number of nitrogens with zero attached hydrogens (tertiary/aromatic N) is 2. The number of piperidine rings is 1. The molecule has 0 spiro atoms. The minimum absolute atomic E-state index is 0.714. The molecule has 0 atom stereocenters. The Kier molecular flexibility index (Phi) is 6.60. The molecule has 2 fully saturated rings. The van der Waals surface area contributed by atoms with Gasteiger partial charge in [0.2, 0.25) is 0 Å². The minimum Gasteiger partial charge on any atom is -0.300 e. The maximum atomic E-state index is 2.79. The maximum Gasteiger partial charge on any atom is 0.0240 e. The van der Waals surface area contributed by atoms with Crippen LogP contribution in [0.25, 0.3) is 0 Å². The third-order valence-corrected chi connectivity index (χ3v) is 6.55. The van der Waals surface area contributed by atoms with Gasteiger partial charge in [0.05, 0.1) is 0 Å². The molecule has 0 radical (unpaired) electrons. The van der Waals surface area contributed by atoms with E-state index in [9.17, 15) is 0 Å². The van der Waals surface area contributed by atoms with Crippen molar-refractivity contribution in [3.8, 4) is 0 Å². The average molecular weight is 363 g/mol. The smallest absolute Gasteiger partial charge is 0.0240 e. The molecule has 0 unspecified atom stereocenters. The summed E-state index contributed by atoms with van der Waals surface area (Å²) >= 11 is 0. The monoisotopic (exact) mass is 362 g/mol. The highest BCUT2D eigenvalue weighted by Crippen LogP contribution is 2.30. The fraction of sp³-hybridized carbons (Fsp3) is 0.520. The van der Waals surface area contributed by atoms with Gasteiger partial charge in [0.15, 0.2) is 0 Å². The van der Waals surface area contributed by atoms with Crippen molar-refractivity contribution < 1.29 is 0 Å². The molecule has 1 aliphatic carbocycles. The standard InChI is InChI=1S/C25H34N2/c1-4-10-22(11-5-1)20-27(21-23-12-6-2-7-13-23)25-16-14-24(15-17-25)26-18-8-3-9-19-26/h1-2,4-7,10-13,24-25H,3,8-9,14-21H2/t24-,25-. The normalized spacial score (nSPS) is 24.2. The third-order valence-electron chi connectivity index (χ3n) is 6.55. The van der Waals surface area contributed by atoms with E-state index in [1.54, 1.807) is 0 Å². The Morgan fingerprint density at radius 2 is 1.19 bits per heavy atom. The van der Waals surface area contributed by atoms with Gasteiger partial charge in [-0.2, -0.15) is 0 Å². The van der Waals surface area contributed by atoms with E-state index in [1.165, 1.54) is 69.2 Å². The van der Waals surface area contributed by atoms with Gasteiger partial charge >= 0.3 is 0 Å². The van der Waals surface area contributed by atoms with Gasteiger partial charge in [0, 0.05) is 25.2 Å². The zero-order valence-electron chi connectivity index (χ0n) is 16.6. The molecule has 1 aliphatic heterocycles. The number of benzene rings is 2. The van der Waals surface area contributed by atoms with Gasteiger partial charge in [-0.1, -0.05) is 67.1 Å². The third kappa shape index (κ3) is 5.21. The van der Waals surface area contributed by atoms with Crippen LogP contribution in [0.4, 0.5) is 0 Å². The van der Waals surface area contributed by atoms with Crippen LogP contribution < -0.4 is 0 Å². The summed E-state index contributed by atoms with van der Waals surface area (Å²) in [5.41, 5.74) is 2.87. The summed E-state index contributed by atoms with van der Waals surface area (Å²) in [4.78, 5) is 5.52. The molecule has 1 heterocycles. The van der Waals surface area contributed by atoms with Crippen LogP contribution in [0.5, 0.6) is 0 Å². The lowest BCUT2D eigenvalue weighted by molar-refractivity contribution is 0.0762. The van der Waals surface area contributed by atoms with Gasteiger partial charge in [-0.3, -0.25) is 4.90 Å². The van der Waals surface area contributed by atoms with Crippen molar-refractivity contribution in [2.45, 2.75) is 70.1 Å². The van der Waals surface area contributed by atoms with E-state index in [-0.39, 0.29) is 0 Å². The largest absolute Gasteiger partial charge is 0.300 e. The van der Waals surface area contributed by atoms with Crippen molar-refractivity contribution in [3.63, 3.8) is 0 Å². The predicted molar refractivity (Wildman–Crippen MR) is 114 cm³/mol. The molecule has 27 heavy (non-hydrogen) atoms. The highest BCUT2D eigenvalue weighted by molar-refractivity contribution is 5.17. The minimum atomic E-state index is 0.714. The average Bonchev–Trinajstić information content (AvgIpc) is 2.76. The molecule has 2 heteroatoms. The summed E-state index contributed by atoms with van der Waals surface area (Å²) in [5.74, 6) is 0. The molecule has 1 saturated carbocycles. The number of hydrogen-bond donors (Lipinski definition) is 0. The van der Waals surface area contributed by atoms with E-state index in [2.05, 4.69) is 70.5 Å². The summed E-state index contributed by atoms with van der Waals surface area (Å²) in [6, 6.07) is 23.6. The number of likely N-dealkylation sites (tertiary alicyclic amines) is 1. The molecular weight excluding hydrogens is 328 g/mol. The molecule has 2 aromatic carbocycles. The van der Waals surface area contributed by atoms with Gasteiger partial charge in [0.25, 0.3) is 0 Å². The summed E-state index contributed by atoms with van der Waals surface area (Å²) < 4.78 is 0. The summed E-state index contributed by atoms with van der Waals surface area (Å²) in [6.45, 7) is 4.81. The fourth-order valence-corrected chi connectivity index (χ4v) is 5.02. The van der Waals surface area contributed by atoms with E-state index < -0.39 is 0 Å². The SMILES string of the molecule is c1ccc(CN(Cc2ccccc2)[C@H]2CC[C@H](N3CCCCC3)CC2)cc1. The Bertz CT molecular complexity index is 614. The Labute approximate surface area is 165 Å². The van der Waals surface area contributed by atoms with E-state index >= 15 is 0 Å². The first-order valence-corrected chi connectivity index (χ1v) is 10.9. The Morgan fingerprint density at radius 3 is 1.70 bits per heavy atom. The highest BCUT2D eigenvalue weighted by Gasteiger charge is 2.29. The van der Waals surface area contributed by atoms with Crippen LogP contribution in [0.1, 0.15) is 56.1 Å². The van der Waals surface area contributed by atoms with Crippen LogP contribution in [-0.4, -0.2) is 35.0 Å². The zero-order chi connectivity index (χ0) is 18.3. The van der Waals surface area contributed by atoms with Gasteiger partial charge in [-0.15, -0.1) is 0 Å². The van der Waals surface area contributed by atoms with Crippen LogP contribution in [0.3, 0.4) is 0 Å². The van der Waals surface area contributed by atoms with E-state index in [0.29, 0.717) is 6.04 Å². The lowest BCUT2D eigenvalue weighted by Gasteiger charge is -2.42. The first kappa shape index (κ1) is 18.7. The molecule has 1 saturated heterocycles. The molecule has 2 aliphatic rings. The number of rotatable bonds is 6. The molecule has 144 valence electrons. The quantitative estimate of drug-likeness (QED) is 0.671. The van der Waals surface area contributed by atoms with Crippen molar-refractivity contribution in [2.24, 2.45) is 0 Å². The summed E-state index contributed by atoms with van der Waals surface area (Å²) in [6.07, 6.45) is 9.72. The van der Waals surface area contributed by atoms with Crippen molar-refractivity contribution in [1.82, 2.24) is 9.80 Å². The lowest BCUT2D eigenvalue weighted by Crippen LogP contribution is -2.45. The van der Waals surface area contributed by atoms with Crippen molar-refractivity contribution in [2.75, 3.05) is 13.1 Å². The molecule has 2 aromatic rings. The van der Waals surface area contributed by atoms with Crippen molar-refractivity contribution in [1.29, 1.82) is 0 Å². The van der Waals surface area contributed by atoms with Crippen LogP contribution in [0.15, 0.2) is 60.7 Å². The van der Waals surface area contributed by atoms with Gasteiger partial charge in [-0.25, -0.2) is 0 Å². The molecular formula is C25H34N2. The fourth-order valence-electron chi connectivity index (χ4n) is 5.02. The molecule has 0 bridgehead atoms. The van der Waals surface area contributed by atoms with E-state index in [4.69, 9.17) is 0 Å². The van der Waals surface area contributed by atoms with Crippen LogP contribution in [0.2, 0.25) is 0 Å². The number of hydrogen-bond acceptors (Lipinski definition) is 2. The van der Waals surface area contributed by atoms with Crippen LogP contribution in [0, 0.1) is 0 Å². The summed E-state index contributed by atoms with van der Waals surface area (Å²) in [7, 11) is 0. The predicted octanol–water partition coefficient (Wildman–Crippen LogP) is 5.49. The van der Waals surface area contributed by atoms with Gasteiger partial charge in [0.1, 0.15) is 0 Å². The van der Waals surface area contributed by atoms with Crippen molar-refractivity contribution in [3.05, 3.63) is 71.8 Å². The Hall–Kier alpha value is -1.64. The van der Waals surface area contributed by atoms with E-state index in [0.717, 1.165) is 19.1 Å². The molecule has 0 N–H and O–H groups in total. The van der Waals surface area contributed by atoms with Crippen LogP contribution >= 0.6 is 0 Å². The summed E-state index contributed by atoms with van der Waals surface area (Å²) in [5, 5.41) is 0. The second kappa shape index (κ2) is 9.52. The van der Waals surface area contributed by atoms with Gasteiger partial charge < -0.3 is 4.90 Å². The van der Waals surface area contributed by atoms with Crippen molar-refractivity contribution >= 4 is 0 Å². The molecule has 2 nitrogen and oxygen atoms in total. The molecule has 0 aromatic heterocycles. The Balaban J connectivity index is 1.40. The van der Waals surface area contributed by atoms with Gasteiger partial charge in [-0.05, 0) is 62.7 Å². The second-order valence-corrected chi connectivity index (χ2v) is 8.44. The second-order valence-electron chi connectivity index (χ2n) is 8.44.